The van der Waals surface area contributed by atoms with Crippen LogP contribution in [0.25, 0.3) is 11.4 Å². The minimum Gasteiger partial charge on any atom is -0.326 e. The van der Waals surface area contributed by atoms with Gasteiger partial charge in [-0.2, -0.15) is 5.10 Å². The number of halogens is 2. The van der Waals surface area contributed by atoms with Gasteiger partial charge in [-0.05, 0) is 31.3 Å². The molecule has 3 rings (SSSR count). The van der Waals surface area contributed by atoms with Crippen LogP contribution < -0.4 is 5.32 Å². The SMILES string of the molecule is Cc1ccc(-c2n[nH]c(=S)n2CCC(=O)Nc2cc(F)cc(F)c2)cc1. The maximum Gasteiger partial charge on any atom is 0.226 e. The van der Waals surface area contributed by atoms with Crippen molar-refractivity contribution in [3.8, 4) is 11.4 Å². The number of aryl methyl sites for hydroxylation is 1. The number of anilines is 1. The molecule has 0 bridgehead atoms. The third-order valence-corrected chi connectivity index (χ3v) is 4.09. The number of carbonyl (C=O) groups is 1. The molecule has 134 valence electrons. The second-order valence-corrected chi connectivity index (χ2v) is 6.21. The zero-order valence-electron chi connectivity index (χ0n) is 13.9. The number of H-pyrrole nitrogens is 1. The largest absolute Gasteiger partial charge is 0.326 e. The third-order valence-electron chi connectivity index (χ3n) is 3.78. The smallest absolute Gasteiger partial charge is 0.226 e. The van der Waals surface area contributed by atoms with Crippen LogP contribution in [-0.4, -0.2) is 20.7 Å². The predicted molar refractivity (Wildman–Crippen MR) is 97.2 cm³/mol. The van der Waals surface area contributed by atoms with E-state index in [9.17, 15) is 13.6 Å². The first kappa shape index (κ1) is 17.9. The van der Waals surface area contributed by atoms with Gasteiger partial charge in [0.25, 0.3) is 0 Å². The van der Waals surface area contributed by atoms with E-state index in [-0.39, 0.29) is 24.6 Å². The van der Waals surface area contributed by atoms with E-state index in [1.807, 2.05) is 31.2 Å². The number of rotatable bonds is 5. The van der Waals surface area contributed by atoms with Crippen molar-refractivity contribution in [1.82, 2.24) is 14.8 Å². The summed E-state index contributed by atoms with van der Waals surface area (Å²) in [7, 11) is 0. The van der Waals surface area contributed by atoms with Crippen molar-refractivity contribution < 1.29 is 13.6 Å². The Labute approximate surface area is 153 Å². The van der Waals surface area contributed by atoms with Crippen LogP contribution in [0.3, 0.4) is 0 Å². The van der Waals surface area contributed by atoms with Crippen molar-refractivity contribution >= 4 is 23.8 Å². The van der Waals surface area contributed by atoms with E-state index in [0.717, 1.165) is 29.3 Å². The molecule has 0 fully saturated rings. The quantitative estimate of drug-likeness (QED) is 0.657. The molecule has 0 radical (unpaired) electrons. The Bertz CT molecular complexity index is 975. The van der Waals surface area contributed by atoms with Crippen LogP contribution >= 0.6 is 12.2 Å². The maximum atomic E-state index is 13.2. The van der Waals surface area contributed by atoms with Crippen molar-refractivity contribution in [1.29, 1.82) is 0 Å². The number of aromatic nitrogens is 3. The standard InChI is InChI=1S/C18H16F2N4OS/c1-11-2-4-12(5-3-11)17-22-23-18(26)24(17)7-6-16(25)21-15-9-13(19)8-14(20)10-15/h2-5,8-10H,6-7H2,1H3,(H,21,25)(H,23,26). The lowest BCUT2D eigenvalue weighted by Crippen LogP contribution is -2.15. The van der Waals surface area contributed by atoms with Gasteiger partial charge in [0.1, 0.15) is 11.6 Å². The van der Waals surface area contributed by atoms with Gasteiger partial charge >= 0.3 is 0 Å². The average Bonchev–Trinajstić information content (AvgIpc) is 2.93. The number of amides is 1. The normalized spacial score (nSPS) is 10.7. The zero-order chi connectivity index (χ0) is 18.7. The van der Waals surface area contributed by atoms with E-state index in [1.165, 1.54) is 0 Å². The van der Waals surface area contributed by atoms with Crippen LogP contribution in [0.1, 0.15) is 12.0 Å². The molecule has 3 aromatic rings. The summed E-state index contributed by atoms with van der Waals surface area (Å²) in [5, 5.41) is 9.41. The Morgan fingerprint density at radius 1 is 1.19 bits per heavy atom. The zero-order valence-corrected chi connectivity index (χ0v) is 14.7. The van der Waals surface area contributed by atoms with Crippen LogP contribution in [0.15, 0.2) is 42.5 Å². The molecule has 1 aromatic heterocycles. The van der Waals surface area contributed by atoms with Gasteiger partial charge in [0, 0.05) is 30.3 Å². The lowest BCUT2D eigenvalue weighted by atomic mass is 10.1. The molecule has 0 aliphatic heterocycles. The number of aromatic amines is 1. The summed E-state index contributed by atoms with van der Waals surface area (Å²) in [6.07, 6.45) is 0.0742. The Kier molecular flexibility index (Phi) is 5.22. The summed E-state index contributed by atoms with van der Waals surface area (Å²) in [5.74, 6) is -1.26. The molecule has 2 N–H and O–H groups in total. The van der Waals surface area contributed by atoms with E-state index in [4.69, 9.17) is 12.2 Å². The highest BCUT2D eigenvalue weighted by Crippen LogP contribution is 2.19. The summed E-state index contributed by atoms with van der Waals surface area (Å²) in [4.78, 5) is 12.1. The molecule has 26 heavy (non-hydrogen) atoms. The Hall–Kier alpha value is -2.87. The Morgan fingerprint density at radius 2 is 1.85 bits per heavy atom. The van der Waals surface area contributed by atoms with Gasteiger partial charge in [-0.25, -0.2) is 8.78 Å². The lowest BCUT2D eigenvalue weighted by molar-refractivity contribution is -0.116. The maximum absolute atomic E-state index is 13.2. The van der Waals surface area contributed by atoms with Crippen molar-refractivity contribution in [3.05, 3.63) is 64.4 Å². The highest BCUT2D eigenvalue weighted by molar-refractivity contribution is 7.71. The third kappa shape index (κ3) is 4.20. The summed E-state index contributed by atoms with van der Waals surface area (Å²) in [6, 6.07) is 10.6. The van der Waals surface area contributed by atoms with Crippen molar-refractivity contribution in [2.45, 2.75) is 19.9 Å². The fourth-order valence-corrected chi connectivity index (χ4v) is 2.73. The summed E-state index contributed by atoms with van der Waals surface area (Å²) < 4.78 is 28.5. The number of carbonyl (C=O) groups excluding carboxylic acids is 1. The molecular formula is C18H16F2N4OS. The number of nitrogens with one attached hydrogen (secondary N) is 2. The molecule has 0 aliphatic rings. The molecule has 1 heterocycles. The van der Waals surface area contributed by atoms with Crippen LogP contribution in [0, 0.1) is 23.3 Å². The number of benzene rings is 2. The van der Waals surface area contributed by atoms with E-state index in [2.05, 4.69) is 15.5 Å². The molecule has 2 aromatic carbocycles. The Balaban J connectivity index is 1.71. The van der Waals surface area contributed by atoms with E-state index in [1.54, 1.807) is 4.57 Å². The van der Waals surface area contributed by atoms with Gasteiger partial charge < -0.3 is 5.32 Å². The first-order chi connectivity index (χ1) is 12.4. The van der Waals surface area contributed by atoms with Gasteiger partial charge in [-0.15, -0.1) is 0 Å². The minimum absolute atomic E-state index is 0.0713. The minimum atomic E-state index is -0.751. The molecule has 0 saturated carbocycles. The Morgan fingerprint density at radius 3 is 2.50 bits per heavy atom. The number of hydrogen-bond acceptors (Lipinski definition) is 3. The highest BCUT2D eigenvalue weighted by atomic mass is 32.1. The van der Waals surface area contributed by atoms with Gasteiger partial charge in [0.05, 0.1) is 0 Å². The number of hydrogen-bond donors (Lipinski definition) is 2. The summed E-state index contributed by atoms with van der Waals surface area (Å²) >= 11 is 5.23. The first-order valence-electron chi connectivity index (χ1n) is 7.90. The summed E-state index contributed by atoms with van der Waals surface area (Å²) in [5.41, 5.74) is 2.06. The van der Waals surface area contributed by atoms with E-state index < -0.39 is 11.6 Å². The molecule has 5 nitrogen and oxygen atoms in total. The summed E-state index contributed by atoms with van der Waals surface area (Å²) in [6.45, 7) is 2.27. The fraction of sp³-hybridized carbons (Fsp3) is 0.167. The van der Waals surface area contributed by atoms with Crippen LogP contribution in [-0.2, 0) is 11.3 Å². The monoisotopic (exact) mass is 374 g/mol. The van der Waals surface area contributed by atoms with Crippen molar-refractivity contribution in [2.24, 2.45) is 0 Å². The molecule has 0 saturated heterocycles. The molecule has 0 atom stereocenters. The van der Waals surface area contributed by atoms with Crippen molar-refractivity contribution in [2.75, 3.05) is 5.32 Å². The second-order valence-electron chi connectivity index (χ2n) is 5.83. The highest BCUT2D eigenvalue weighted by Gasteiger charge is 2.11. The lowest BCUT2D eigenvalue weighted by Gasteiger charge is -2.08. The van der Waals surface area contributed by atoms with E-state index in [0.29, 0.717) is 10.6 Å². The van der Waals surface area contributed by atoms with Gasteiger partial charge in [0.2, 0.25) is 5.91 Å². The molecule has 0 spiro atoms. The first-order valence-corrected chi connectivity index (χ1v) is 8.31. The molecular weight excluding hydrogens is 358 g/mol. The van der Waals surface area contributed by atoms with Crippen LogP contribution in [0.2, 0.25) is 0 Å². The van der Waals surface area contributed by atoms with Crippen LogP contribution in [0.4, 0.5) is 14.5 Å². The van der Waals surface area contributed by atoms with Crippen LogP contribution in [0.5, 0.6) is 0 Å². The topological polar surface area (TPSA) is 62.7 Å². The average molecular weight is 374 g/mol. The second kappa shape index (κ2) is 7.57. The molecule has 0 aliphatic carbocycles. The van der Waals surface area contributed by atoms with Gasteiger partial charge in [0.15, 0.2) is 10.6 Å². The fourth-order valence-electron chi connectivity index (χ4n) is 2.51. The molecule has 0 unspecified atom stereocenters. The van der Waals surface area contributed by atoms with Gasteiger partial charge in [-0.1, -0.05) is 29.8 Å². The molecule has 1 amide bonds. The van der Waals surface area contributed by atoms with E-state index >= 15 is 0 Å². The van der Waals surface area contributed by atoms with Crippen molar-refractivity contribution in [3.63, 3.8) is 0 Å². The predicted octanol–water partition coefficient (Wildman–Crippen LogP) is 4.22. The number of nitrogens with zero attached hydrogens (tertiary/aromatic N) is 2. The molecule has 8 heteroatoms. The van der Waals surface area contributed by atoms with Gasteiger partial charge in [-0.3, -0.25) is 14.5 Å².